The van der Waals surface area contributed by atoms with Gasteiger partial charge in [-0.05, 0) is 18.2 Å². The van der Waals surface area contributed by atoms with Gasteiger partial charge < -0.3 is 14.9 Å². The Balaban J connectivity index is 2.05. The molecule has 0 saturated carbocycles. The van der Waals surface area contributed by atoms with E-state index in [-0.39, 0.29) is 0 Å². The van der Waals surface area contributed by atoms with E-state index < -0.39 is 0 Å². The molecule has 1 aromatic heterocycles. The molecule has 0 aliphatic heterocycles. The van der Waals surface area contributed by atoms with Crippen molar-refractivity contribution in [2.75, 3.05) is 0 Å². The first-order valence-electron chi connectivity index (χ1n) is 4.94. The summed E-state index contributed by atoms with van der Waals surface area (Å²) in [5.41, 5.74) is 6.47. The number of para-hydroxylation sites is 1. The summed E-state index contributed by atoms with van der Waals surface area (Å²) >= 11 is 5.96. The van der Waals surface area contributed by atoms with Crippen molar-refractivity contribution in [2.24, 2.45) is 5.73 Å². The number of furan rings is 1. The van der Waals surface area contributed by atoms with Gasteiger partial charge in [0.25, 0.3) is 0 Å². The molecule has 16 heavy (non-hydrogen) atoms. The molecule has 2 rings (SSSR count). The van der Waals surface area contributed by atoms with Crippen molar-refractivity contribution in [3.63, 3.8) is 0 Å². The molecule has 0 bridgehead atoms. The van der Waals surface area contributed by atoms with Crippen LogP contribution in [0.15, 0.2) is 41.0 Å². The van der Waals surface area contributed by atoms with Crippen LogP contribution in [-0.4, -0.2) is 0 Å². The number of nitrogens with two attached hydrogens (primary N) is 1. The molecular formula is C12H12ClNO2. The first kappa shape index (κ1) is 11.0. The minimum absolute atomic E-state index is 0.369. The SMILES string of the molecule is NCc1occc1COc1ccccc1Cl. The zero-order chi connectivity index (χ0) is 11.4. The van der Waals surface area contributed by atoms with Gasteiger partial charge in [-0.15, -0.1) is 0 Å². The van der Waals surface area contributed by atoms with Gasteiger partial charge in [0.05, 0.1) is 17.8 Å². The summed E-state index contributed by atoms with van der Waals surface area (Å²) in [6.45, 7) is 0.779. The topological polar surface area (TPSA) is 48.4 Å². The van der Waals surface area contributed by atoms with Crippen LogP contribution in [0.2, 0.25) is 5.02 Å². The van der Waals surface area contributed by atoms with Crippen LogP contribution in [0.1, 0.15) is 11.3 Å². The molecule has 0 aliphatic carbocycles. The third kappa shape index (κ3) is 2.38. The second kappa shape index (κ2) is 5.05. The number of hydrogen-bond donors (Lipinski definition) is 1. The summed E-state index contributed by atoms with van der Waals surface area (Å²) < 4.78 is 10.8. The summed E-state index contributed by atoms with van der Waals surface area (Å²) in [5, 5.41) is 0.597. The van der Waals surface area contributed by atoms with E-state index in [2.05, 4.69) is 0 Å². The Morgan fingerprint density at radius 3 is 2.81 bits per heavy atom. The van der Waals surface area contributed by atoms with Crippen molar-refractivity contribution >= 4 is 11.6 Å². The van der Waals surface area contributed by atoms with E-state index in [1.165, 1.54) is 0 Å². The average molecular weight is 238 g/mol. The highest BCUT2D eigenvalue weighted by Gasteiger charge is 2.06. The number of hydrogen-bond acceptors (Lipinski definition) is 3. The largest absolute Gasteiger partial charge is 0.487 e. The summed E-state index contributed by atoms with van der Waals surface area (Å²) in [7, 11) is 0. The zero-order valence-electron chi connectivity index (χ0n) is 8.65. The lowest BCUT2D eigenvalue weighted by atomic mass is 10.2. The highest BCUT2D eigenvalue weighted by Crippen LogP contribution is 2.24. The summed E-state index contributed by atoms with van der Waals surface area (Å²) in [6.07, 6.45) is 1.60. The van der Waals surface area contributed by atoms with Crippen LogP contribution in [0.3, 0.4) is 0 Å². The average Bonchev–Trinajstić information content (AvgIpc) is 2.75. The molecule has 0 radical (unpaired) electrons. The molecule has 1 aromatic carbocycles. The first-order chi connectivity index (χ1) is 7.81. The summed E-state index contributed by atoms with van der Waals surface area (Å²) in [4.78, 5) is 0. The van der Waals surface area contributed by atoms with Crippen LogP contribution < -0.4 is 10.5 Å². The number of rotatable bonds is 4. The van der Waals surface area contributed by atoms with Gasteiger partial charge in [-0.3, -0.25) is 0 Å². The fourth-order valence-electron chi connectivity index (χ4n) is 1.39. The Labute approximate surface area is 98.8 Å². The monoisotopic (exact) mass is 237 g/mol. The second-order valence-corrected chi connectivity index (χ2v) is 3.70. The van der Waals surface area contributed by atoms with Gasteiger partial charge >= 0.3 is 0 Å². The molecule has 84 valence electrons. The Morgan fingerprint density at radius 2 is 2.06 bits per heavy atom. The minimum atomic E-state index is 0.369. The number of ether oxygens (including phenoxy) is 1. The van der Waals surface area contributed by atoms with E-state index in [1.54, 1.807) is 12.3 Å². The highest BCUT2D eigenvalue weighted by atomic mass is 35.5. The molecule has 1 heterocycles. The summed E-state index contributed by atoms with van der Waals surface area (Å²) in [5.74, 6) is 1.40. The molecule has 0 atom stereocenters. The summed E-state index contributed by atoms with van der Waals surface area (Å²) in [6, 6.07) is 9.19. The van der Waals surface area contributed by atoms with Gasteiger partial charge in [0, 0.05) is 5.56 Å². The maximum Gasteiger partial charge on any atom is 0.138 e. The lowest BCUT2D eigenvalue weighted by Crippen LogP contribution is -2.02. The maximum atomic E-state index is 5.96. The molecule has 3 nitrogen and oxygen atoms in total. The maximum absolute atomic E-state index is 5.96. The number of benzene rings is 1. The number of halogens is 1. The normalized spacial score (nSPS) is 10.4. The molecule has 0 saturated heterocycles. The minimum Gasteiger partial charge on any atom is -0.487 e. The van der Waals surface area contributed by atoms with Gasteiger partial charge in [-0.2, -0.15) is 0 Å². The highest BCUT2D eigenvalue weighted by molar-refractivity contribution is 6.32. The fraction of sp³-hybridized carbons (Fsp3) is 0.167. The molecule has 0 unspecified atom stereocenters. The van der Waals surface area contributed by atoms with E-state index in [9.17, 15) is 0 Å². The fourth-order valence-corrected chi connectivity index (χ4v) is 1.58. The smallest absolute Gasteiger partial charge is 0.138 e. The lowest BCUT2D eigenvalue weighted by molar-refractivity contribution is 0.302. The molecule has 2 aromatic rings. The Bertz CT molecular complexity index is 468. The molecule has 0 amide bonds. The van der Waals surface area contributed by atoms with Gasteiger partial charge in [0.15, 0.2) is 0 Å². The van der Waals surface area contributed by atoms with Crippen molar-refractivity contribution in [3.05, 3.63) is 52.9 Å². The van der Waals surface area contributed by atoms with Crippen LogP contribution in [0.25, 0.3) is 0 Å². The predicted octanol–water partition coefficient (Wildman–Crippen LogP) is 2.97. The Kier molecular flexibility index (Phi) is 3.49. The van der Waals surface area contributed by atoms with Gasteiger partial charge in [-0.1, -0.05) is 23.7 Å². The van der Waals surface area contributed by atoms with E-state index >= 15 is 0 Å². The van der Waals surface area contributed by atoms with Crippen LogP contribution in [0.5, 0.6) is 5.75 Å². The van der Waals surface area contributed by atoms with E-state index in [0.29, 0.717) is 23.9 Å². The first-order valence-corrected chi connectivity index (χ1v) is 5.31. The zero-order valence-corrected chi connectivity index (χ0v) is 9.41. The van der Waals surface area contributed by atoms with E-state index in [1.807, 2.05) is 24.3 Å². The van der Waals surface area contributed by atoms with Crippen LogP contribution in [0.4, 0.5) is 0 Å². The van der Waals surface area contributed by atoms with Crippen LogP contribution in [-0.2, 0) is 13.2 Å². The van der Waals surface area contributed by atoms with Crippen LogP contribution >= 0.6 is 11.6 Å². The predicted molar refractivity (Wildman–Crippen MR) is 62.4 cm³/mol. The molecular weight excluding hydrogens is 226 g/mol. The molecule has 0 spiro atoms. The van der Waals surface area contributed by atoms with E-state index in [4.69, 9.17) is 26.5 Å². The molecule has 0 aliphatic rings. The van der Waals surface area contributed by atoms with E-state index in [0.717, 1.165) is 11.3 Å². The van der Waals surface area contributed by atoms with Gasteiger partial charge in [0.2, 0.25) is 0 Å². The Hall–Kier alpha value is -1.45. The van der Waals surface area contributed by atoms with Gasteiger partial charge in [0.1, 0.15) is 18.1 Å². The van der Waals surface area contributed by atoms with Gasteiger partial charge in [-0.25, -0.2) is 0 Å². The molecule has 0 fully saturated rings. The van der Waals surface area contributed by atoms with Crippen molar-refractivity contribution < 1.29 is 9.15 Å². The standard InChI is InChI=1S/C12H12ClNO2/c13-10-3-1-2-4-11(10)16-8-9-5-6-15-12(9)7-14/h1-6H,7-8,14H2. The third-order valence-electron chi connectivity index (χ3n) is 2.24. The van der Waals surface area contributed by atoms with Crippen molar-refractivity contribution in [1.29, 1.82) is 0 Å². The Morgan fingerprint density at radius 1 is 1.25 bits per heavy atom. The third-order valence-corrected chi connectivity index (χ3v) is 2.56. The molecule has 4 heteroatoms. The van der Waals surface area contributed by atoms with Crippen molar-refractivity contribution in [2.45, 2.75) is 13.2 Å². The van der Waals surface area contributed by atoms with Crippen molar-refractivity contribution in [1.82, 2.24) is 0 Å². The van der Waals surface area contributed by atoms with Crippen molar-refractivity contribution in [3.8, 4) is 5.75 Å². The van der Waals surface area contributed by atoms with Crippen LogP contribution in [0, 0.1) is 0 Å². The molecule has 2 N–H and O–H groups in total. The lowest BCUT2D eigenvalue weighted by Gasteiger charge is -2.07. The quantitative estimate of drug-likeness (QED) is 0.889. The second-order valence-electron chi connectivity index (χ2n) is 3.29.